The van der Waals surface area contributed by atoms with E-state index in [4.69, 9.17) is 20.9 Å². The second-order valence-corrected chi connectivity index (χ2v) is 13.6. The van der Waals surface area contributed by atoms with Gasteiger partial charge in [0.2, 0.25) is 0 Å². The normalized spacial score (nSPS) is 17.0. The van der Waals surface area contributed by atoms with Gasteiger partial charge in [0.05, 0.1) is 28.8 Å². The van der Waals surface area contributed by atoms with Crippen LogP contribution in [0, 0.1) is 0 Å². The minimum Gasteiger partial charge on any atom is -0.456 e. The molecule has 0 amide bonds. The fraction of sp³-hybridized carbons (Fsp3) is 0. The van der Waals surface area contributed by atoms with E-state index in [1.165, 1.54) is 0 Å². The summed E-state index contributed by atoms with van der Waals surface area (Å²) in [6.07, 6.45) is 0. The van der Waals surface area contributed by atoms with Crippen LogP contribution in [0.2, 0.25) is 0 Å². The van der Waals surface area contributed by atoms with Gasteiger partial charge in [-0.05, 0) is 129 Å². The maximum Gasteiger partial charge on any atom is 0.136 e. The zero-order valence-electron chi connectivity index (χ0n) is 50.4. The fourth-order valence-corrected chi connectivity index (χ4v) is 7.96. The highest BCUT2D eigenvalue weighted by molar-refractivity contribution is 6.24. The highest BCUT2D eigenvalue weighted by atomic mass is 16.3. The minimum absolute atomic E-state index is 0.0121. The molecule has 0 fully saturated rings. The Kier molecular flexibility index (Phi) is 3.86. The molecule has 0 atom stereocenters. The summed E-state index contributed by atoms with van der Waals surface area (Å²) in [6.45, 7) is 0. The molecule has 0 unspecified atom stereocenters. The van der Waals surface area contributed by atoms with Crippen LogP contribution in [0.25, 0.3) is 120 Å². The third kappa shape index (κ3) is 4.96. The topological polar surface area (TPSA) is 13.1 Å². The molecule has 11 aromatic carbocycles. The van der Waals surface area contributed by atoms with Gasteiger partial charge < -0.3 is 4.42 Å². The van der Waals surface area contributed by atoms with E-state index < -0.39 is 131 Å². The Morgan fingerprint density at radius 2 is 0.965 bits per heavy atom. The standard InChI is InChI=1S/C56H34O/c1-3-16-42-35(12-1)14-9-22-44(42)46-24-11-25-53-56(46)51-34-40(30-31-52(51)57-53)38-26-27-39-33-41(29-28-37(39)32-38)54-47-18-5-7-20-49(47)55(50-21-8-6-19-48(50)54)45-23-10-15-36-13-2-4-17-43(36)45/h1-34H/i2D,4D,5D,6D,7D,8D,10D,11D,13D,15D,17D,18D,19D,20D,21D,23D,24D,25D,30D,31D,34D. The van der Waals surface area contributed by atoms with Gasteiger partial charge in [-0.2, -0.15) is 0 Å². The zero-order chi connectivity index (χ0) is 55.7. The summed E-state index contributed by atoms with van der Waals surface area (Å²) in [4.78, 5) is 0. The number of furan rings is 1. The van der Waals surface area contributed by atoms with Gasteiger partial charge in [-0.15, -0.1) is 0 Å². The lowest BCUT2D eigenvalue weighted by molar-refractivity contribution is 0.669. The molecule has 0 aliphatic heterocycles. The Morgan fingerprint density at radius 3 is 1.77 bits per heavy atom. The molecular weight excluding hydrogens is 689 g/mol. The van der Waals surface area contributed by atoms with Crippen molar-refractivity contribution in [2.45, 2.75) is 0 Å². The Labute approximate surface area is 359 Å². The van der Waals surface area contributed by atoms with E-state index in [0.717, 1.165) is 10.8 Å². The number of hydrogen-bond acceptors (Lipinski definition) is 1. The van der Waals surface area contributed by atoms with Crippen molar-refractivity contribution in [3.05, 3.63) is 206 Å². The van der Waals surface area contributed by atoms with Crippen molar-refractivity contribution in [2.24, 2.45) is 0 Å². The van der Waals surface area contributed by atoms with Crippen LogP contribution in [-0.2, 0) is 0 Å². The number of fused-ring (bicyclic) bond motifs is 8. The van der Waals surface area contributed by atoms with Gasteiger partial charge in [0, 0.05) is 10.8 Å². The summed E-state index contributed by atoms with van der Waals surface area (Å²) in [5.41, 5.74) is -0.0456. The monoisotopic (exact) mass is 743 g/mol. The van der Waals surface area contributed by atoms with Gasteiger partial charge in [-0.3, -0.25) is 0 Å². The molecule has 12 rings (SSSR count). The average Bonchev–Trinajstić information content (AvgIpc) is 3.39. The van der Waals surface area contributed by atoms with Gasteiger partial charge in [0.25, 0.3) is 0 Å². The van der Waals surface area contributed by atoms with Crippen LogP contribution in [0.15, 0.2) is 210 Å². The molecule has 0 bridgehead atoms. The summed E-state index contributed by atoms with van der Waals surface area (Å²) in [5, 5.41) is 0.457. The maximum absolute atomic E-state index is 9.75. The number of hydrogen-bond donors (Lipinski definition) is 0. The Bertz CT molecular complexity index is 4720. The van der Waals surface area contributed by atoms with E-state index in [9.17, 15) is 12.3 Å². The van der Waals surface area contributed by atoms with Crippen LogP contribution in [0.4, 0.5) is 0 Å². The second-order valence-electron chi connectivity index (χ2n) is 13.6. The highest BCUT2D eigenvalue weighted by Crippen LogP contribution is 2.46. The largest absolute Gasteiger partial charge is 0.456 e. The average molecular weight is 744 g/mol. The van der Waals surface area contributed by atoms with Crippen molar-refractivity contribution in [2.75, 3.05) is 0 Å². The molecule has 0 spiro atoms. The third-order valence-electron chi connectivity index (χ3n) is 10.5. The molecule has 0 aliphatic carbocycles. The molecule has 1 aromatic heterocycles. The van der Waals surface area contributed by atoms with Crippen molar-refractivity contribution in [3.8, 4) is 44.5 Å². The summed E-state index contributed by atoms with van der Waals surface area (Å²) in [5.74, 6) is 0. The molecule has 0 saturated heterocycles. The SMILES string of the molecule is [2H]c1c(-c2ccc3cc(-c4c5c([2H])c([2H])c([2H])c([2H])c5c(-c5c([2H])c([2H])c([2H])c6c([2H])c([2H])c([2H])c([2H])c56)c5c([2H])c([2H])c([2H])c([2H])c45)ccc3c2)c([2H])c2c(oc3c([2H])c([2H])c([2H])c(-c4cccc5ccccc45)c32)c1[2H]. The second kappa shape index (κ2) is 12.5. The lowest BCUT2D eigenvalue weighted by atomic mass is 9.84. The summed E-state index contributed by atoms with van der Waals surface area (Å²) < 4.78 is 196. The van der Waals surface area contributed by atoms with Gasteiger partial charge >= 0.3 is 0 Å². The fourth-order valence-electron chi connectivity index (χ4n) is 7.96. The van der Waals surface area contributed by atoms with E-state index in [1.807, 2.05) is 30.3 Å². The van der Waals surface area contributed by atoms with E-state index in [-0.39, 0.29) is 83.9 Å². The van der Waals surface area contributed by atoms with Crippen LogP contribution in [0.3, 0.4) is 0 Å². The minimum atomic E-state index is -0.812. The van der Waals surface area contributed by atoms with Gasteiger partial charge in [0.1, 0.15) is 11.2 Å². The Balaban J connectivity index is 1.15. The van der Waals surface area contributed by atoms with Crippen molar-refractivity contribution in [1.29, 1.82) is 0 Å². The van der Waals surface area contributed by atoms with E-state index >= 15 is 0 Å². The van der Waals surface area contributed by atoms with Crippen LogP contribution < -0.4 is 0 Å². The van der Waals surface area contributed by atoms with Crippen molar-refractivity contribution < 1.29 is 33.2 Å². The molecule has 1 heteroatoms. The molecule has 1 nitrogen and oxygen atoms in total. The van der Waals surface area contributed by atoms with Gasteiger partial charge in [-0.1, -0.05) is 175 Å². The van der Waals surface area contributed by atoms with Crippen molar-refractivity contribution >= 4 is 75.8 Å². The quantitative estimate of drug-likeness (QED) is 0.164. The molecule has 0 radical (unpaired) electrons. The maximum atomic E-state index is 9.75. The van der Waals surface area contributed by atoms with E-state index in [2.05, 4.69) is 0 Å². The van der Waals surface area contributed by atoms with Gasteiger partial charge in [-0.25, -0.2) is 0 Å². The first-order valence-corrected chi connectivity index (χ1v) is 18.0. The van der Waals surface area contributed by atoms with E-state index in [0.29, 0.717) is 21.9 Å². The lowest BCUT2D eigenvalue weighted by Gasteiger charge is -2.19. The van der Waals surface area contributed by atoms with Crippen molar-refractivity contribution in [3.63, 3.8) is 0 Å². The van der Waals surface area contributed by atoms with E-state index in [1.54, 1.807) is 48.5 Å². The first-order chi connectivity index (χ1) is 37.0. The molecule has 0 saturated carbocycles. The molecule has 0 N–H and O–H groups in total. The number of rotatable bonds is 4. The zero-order valence-corrected chi connectivity index (χ0v) is 29.4. The van der Waals surface area contributed by atoms with Crippen molar-refractivity contribution in [1.82, 2.24) is 0 Å². The smallest absolute Gasteiger partial charge is 0.136 e. The predicted octanol–water partition coefficient (Wildman–Crippen LogP) is 16.0. The summed E-state index contributed by atoms with van der Waals surface area (Å²) >= 11 is 0. The predicted molar refractivity (Wildman–Crippen MR) is 243 cm³/mol. The molecule has 12 aromatic rings. The van der Waals surface area contributed by atoms with Gasteiger partial charge in [0.15, 0.2) is 0 Å². The van der Waals surface area contributed by atoms with Crippen LogP contribution in [0.5, 0.6) is 0 Å². The van der Waals surface area contributed by atoms with Crippen LogP contribution in [0.1, 0.15) is 28.8 Å². The summed E-state index contributed by atoms with van der Waals surface area (Å²) in [6, 6.07) is 9.26. The molecule has 264 valence electrons. The molecule has 57 heavy (non-hydrogen) atoms. The highest BCUT2D eigenvalue weighted by Gasteiger charge is 2.19. The Hall–Kier alpha value is -7.48. The lowest BCUT2D eigenvalue weighted by Crippen LogP contribution is -1.91. The first kappa shape index (κ1) is 17.5. The number of benzene rings is 11. The molecule has 0 aliphatic rings. The Morgan fingerprint density at radius 1 is 0.333 bits per heavy atom. The molecule has 1 heterocycles. The first-order valence-electron chi connectivity index (χ1n) is 28.5. The summed E-state index contributed by atoms with van der Waals surface area (Å²) in [7, 11) is 0. The van der Waals surface area contributed by atoms with Crippen LogP contribution >= 0.6 is 0 Å². The molecular formula is C56H34O. The van der Waals surface area contributed by atoms with Crippen LogP contribution in [-0.4, -0.2) is 0 Å². The third-order valence-corrected chi connectivity index (χ3v) is 10.5.